The first kappa shape index (κ1) is 33.7. The van der Waals surface area contributed by atoms with Gasteiger partial charge in [0.05, 0.1) is 12.8 Å². The molecule has 0 bridgehead atoms. The minimum Gasteiger partial charge on any atom is -0.504 e. The summed E-state index contributed by atoms with van der Waals surface area (Å²) in [6.45, 7) is 0.569. The van der Waals surface area contributed by atoms with Gasteiger partial charge in [0, 0.05) is 33.5 Å². The summed E-state index contributed by atoms with van der Waals surface area (Å²) < 4.78 is 16.8. The summed E-state index contributed by atoms with van der Waals surface area (Å²) in [5.74, 6) is 1.07. The Morgan fingerprint density at radius 3 is 2.65 bits per heavy atom. The van der Waals surface area contributed by atoms with Gasteiger partial charge in [0.25, 0.3) is 0 Å². The van der Waals surface area contributed by atoms with Crippen molar-refractivity contribution in [3.8, 4) is 23.0 Å². The molecule has 0 radical (unpaired) electrons. The number of aliphatic hydroxyl groups excluding tert-OH is 1. The molecule has 0 saturated heterocycles. The summed E-state index contributed by atoms with van der Waals surface area (Å²) in [6.07, 6.45) is 7.49. The summed E-state index contributed by atoms with van der Waals surface area (Å²) in [4.78, 5) is 16.4. The van der Waals surface area contributed by atoms with E-state index in [1.54, 1.807) is 37.4 Å². The number of allylic oxidation sites excluding steroid dienone is 2. The van der Waals surface area contributed by atoms with Gasteiger partial charge in [0.15, 0.2) is 41.0 Å². The molecule has 0 amide bonds. The second-order valence-electron chi connectivity index (χ2n) is 11.0. The van der Waals surface area contributed by atoms with Crippen LogP contribution in [0.2, 0.25) is 0 Å². The fourth-order valence-electron chi connectivity index (χ4n) is 5.49. The van der Waals surface area contributed by atoms with E-state index in [1.165, 1.54) is 14.2 Å². The third-order valence-corrected chi connectivity index (χ3v) is 7.75. The van der Waals surface area contributed by atoms with Crippen LogP contribution in [0.15, 0.2) is 47.5 Å². The summed E-state index contributed by atoms with van der Waals surface area (Å²) in [7, 11) is 6.39. The Hall–Kier alpha value is -3.80. The number of phenols is 2. The largest absolute Gasteiger partial charge is 0.504 e. The Kier molecular flexibility index (Phi) is 12.7. The van der Waals surface area contributed by atoms with E-state index in [1.807, 2.05) is 19.2 Å². The number of aliphatic imine (C=N–C) groups is 1. The number of methoxy groups -OCH3 is 2. The number of carbonyl (C=O) groups is 1. The normalized spacial score (nSPS) is 19.5. The van der Waals surface area contributed by atoms with Gasteiger partial charge in [-0.3, -0.25) is 9.79 Å². The van der Waals surface area contributed by atoms with Gasteiger partial charge in [-0.1, -0.05) is 12.1 Å². The second kappa shape index (κ2) is 16.2. The quantitative estimate of drug-likeness (QED) is 0.0552. The number of aliphatic hydroxyl groups is 1. The number of anilines is 1. The van der Waals surface area contributed by atoms with E-state index in [2.05, 4.69) is 15.6 Å². The Morgan fingerprint density at radius 2 is 1.95 bits per heavy atom. The number of aromatic hydroxyl groups is 2. The van der Waals surface area contributed by atoms with Crippen LogP contribution in [0.5, 0.6) is 23.0 Å². The zero-order chi connectivity index (χ0) is 31.4. The lowest BCUT2D eigenvalue weighted by atomic mass is 9.97. The molecule has 2 aromatic carbocycles. The SMILES string of the molecule is CN=C(N)Nc1cc(CC/C=C/C(=O)CCc2ccc(O)c(OC)c2)cc(O[C@]2(CNC)CC[C@H](C[C@H](O)OC)C2)c1O. The van der Waals surface area contributed by atoms with Crippen molar-refractivity contribution >= 4 is 17.4 Å². The summed E-state index contributed by atoms with van der Waals surface area (Å²) in [5, 5.41) is 37.0. The molecule has 11 heteroatoms. The molecule has 1 fully saturated rings. The van der Waals surface area contributed by atoms with Gasteiger partial charge in [-0.05, 0) is 93.0 Å². The average molecular weight is 599 g/mol. The zero-order valence-corrected chi connectivity index (χ0v) is 25.6. The van der Waals surface area contributed by atoms with Gasteiger partial charge in [-0.2, -0.15) is 0 Å². The molecule has 236 valence electrons. The number of aryl methyl sites for hydroxylation is 2. The van der Waals surface area contributed by atoms with Gasteiger partial charge >= 0.3 is 0 Å². The Morgan fingerprint density at radius 1 is 1.19 bits per heavy atom. The third-order valence-electron chi connectivity index (χ3n) is 7.75. The van der Waals surface area contributed by atoms with Crippen molar-refractivity contribution in [2.45, 2.75) is 63.3 Å². The minimum absolute atomic E-state index is 0.000515. The smallest absolute Gasteiger partial charge is 0.192 e. The molecular formula is C32H46N4O7. The van der Waals surface area contributed by atoms with Crippen molar-refractivity contribution in [1.82, 2.24) is 5.32 Å². The number of hydrogen-bond donors (Lipinski definition) is 6. The summed E-state index contributed by atoms with van der Waals surface area (Å²) >= 11 is 0. The number of rotatable bonds is 16. The first-order valence-corrected chi connectivity index (χ1v) is 14.6. The zero-order valence-electron chi connectivity index (χ0n) is 25.6. The first-order chi connectivity index (χ1) is 20.6. The number of carbonyl (C=O) groups excluding carboxylic acids is 1. The third kappa shape index (κ3) is 9.87. The monoisotopic (exact) mass is 598 g/mol. The van der Waals surface area contributed by atoms with Crippen molar-refractivity contribution in [3.63, 3.8) is 0 Å². The number of benzene rings is 2. The van der Waals surface area contributed by atoms with Gasteiger partial charge in [-0.15, -0.1) is 0 Å². The van der Waals surface area contributed by atoms with Crippen LogP contribution >= 0.6 is 0 Å². The van der Waals surface area contributed by atoms with E-state index >= 15 is 0 Å². The van der Waals surface area contributed by atoms with E-state index in [-0.39, 0.29) is 29.2 Å². The molecule has 1 saturated carbocycles. The average Bonchev–Trinajstić information content (AvgIpc) is 3.38. The summed E-state index contributed by atoms with van der Waals surface area (Å²) in [6, 6.07) is 8.68. The number of phenolic OH excluding ortho intramolecular Hbond substituents is 2. The van der Waals surface area contributed by atoms with Crippen LogP contribution in [0.1, 0.15) is 49.7 Å². The van der Waals surface area contributed by atoms with Crippen LogP contribution in [0, 0.1) is 5.92 Å². The number of ketones is 1. The molecule has 0 spiro atoms. The lowest BCUT2D eigenvalue weighted by molar-refractivity contribution is -0.114. The maximum atomic E-state index is 12.5. The van der Waals surface area contributed by atoms with Crippen molar-refractivity contribution in [1.29, 1.82) is 0 Å². The number of likely N-dealkylation sites (N-methyl/N-ethyl adjacent to an activating group) is 1. The lowest BCUT2D eigenvalue weighted by Gasteiger charge is -2.32. The molecule has 7 N–H and O–H groups in total. The van der Waals surface area contributed by atoms with Crippen molar-refractivity contribution in [2.24, 2.45) is 16.6 Å². The molecule has 3 rings (SSSR count). The molecular weight excluding hydrogens is 552 g/mol. The van der Waals surface area contributed by atoms with Crippen molar-refractivity contribution in [2.75, 3.05) is 40.2 Å². The number of hydrogen-bond acceptors (Lipinski definition) is 9. The van der Waals surface area contributed by atoms with E-state index in [4.69, 9.17) is 19.9 Å². The number of nitrogens with zero attached hydrogens (tertiary/aromatic N) is 1. The molecule has 1 aliphatic carbocycles. The van der Waals surface area contributed by atoms with Gasteiger partial charge in [0.2, 0.25) is 0 Å². The Bertz CT molecular complexity index is 1280. The molecule has 1 aliphatic rings. The number of ether oxygens (including phenoxy) is 3. The molecule has 11 nitrogen and oxygen atoms in total. The highest BCUT2D eigenvalue weighted by Gasteiger charge is 2.42. The second-order valence-corrected chi connectivity index (χ2v) is 11.0. The van der Waals surface area contributed by atoms with Gasteiger partial charge in [-0.25, -0.2) is 0 Å². The van der Waals surface area contributed by atoms with Crippen LogP contribution in [-0.4, -0.2) is 73.8 Å². The maximum absolute atomic E-state index is 12.5. The topological polar surface area (TPSA) is 168 Å². The fourth-order valence-corrected chi connectivity index (χ4v) is 5.49. The molecule has 2 aromatic rings. The number of guanidine groups is 1. The van der Waals surface area contributed by atoms with Crippen LogP contribution in [-0.2, 0) is 22.4 Å². The number of nitrogens with two attached hydrogens (primary N) is 1. The van der Waals surface area contributed by atoms with Gasteiger partial charge in [0.1, 0.15) is 5.60 Å². The Balaban J connectivity index is 1.70. The molecule has 3 atom stereocenters. The van der Waals surface area contributed by atoms with Crippen LogP contribution in [0.4, 0.5) is 5.69 Å². The summed E-state index contributed by atoms with van der Waals surface area (Å²) in [5.41, 5.74) is 7.51. The van der Waals surface area contributed by atoms with E-state index in [0.717, 1.165) is 24.0 Å². The molecule has 0 unspecified atom stereocenters. The molecule has 43 heavy (non-hydrogen) atoms. The van der Waals surface area contributed by atoms with Crippen molar-refractivity contribution < 1.29 is 34.3 Å². The predicted octanol–water partition coefficient (Wildman–Crippen LogP) is 3.65. The maximum Gasteiger partial charge on any atom is 0.192 e. The van der Waals surface area contributed by atoms with Crippen molar-refractivity contribution in [3.05, 3.63) is 53.6 Å². The molecule has 0 aromatic heterocycles. The van der Waals surface area contributed by atoms with E-state index in [0.29, 0.717) is 62.3 Å². The standard InChI is InChI=1S/C32H46N4O7/c1-34-20-32(14-13-23(19-32)18-29(39)42-4)43-28-17-22(15-25(30(28)40)36-31(33)35-2)7-5-6-8-24(37)11-9-21-10-12-26(38)27(16-21)41-3/h6,8,10,12,15-17,23,29,34,38-40H,5,7,9,11,13-14,18-20H2,1-4H3,(H3,33,35,36)/b8-6+/t23-,29-,32-/m1/s1. The van der Waals surface area contributed by atoms with E-state index < -0.39 is 11.9 Å². The highest BCUT2D eigenvalue weighted by atomic mass is 16.6. The van der Waals surface area contributed by atoms with E-state index in [9.17, 15) is 20.1 Å². The molecule has 0 aliphatic heterocycles. The lowest BCUT2D eigenvalue weighted by Crippen LogP contribution is -2.43. The first-order valence-electron chi connectivity index (χ1n) is 14.6. The molecule has 0 heterocycles. The van der Waals surface area contributed by atoms with Crippen LogP contribution in [0.3, 0.4) is 0 Å². The fraction of sp³-hybridized carbons (Fsp3) is 0.500. The van der Waals surface area contributed by atoms with Gasteiger partial charge < -0.3 is 45.9 Å². The minimum atomic E-state index is -0.824. The van der Waals surface area contributed by atoms with Crippen LogP contribution in [0.25, 0.3) is 0 Å². The highest BCUT2D eigenvalue weighted by molar-refractivity contribution is 5.94. The number of nitrogens with one attached hydrogen (secondary N) is 2. The van der Waals surface area contributed by atoms with Crippen LogP contribution < -0.4 is 25.8 Å². The highest BCUT2D eigenvalue weighted by Crippen LogP contribution is 2.44. The Labute approximate surface area is 253 Å². The predicted molar refractivity (Wildman–Crippen MR) is 167 cm³/mol.